The van der Waals surface area contributed by atoms with E-state index in [1.807, 2.05) is 13.8 Å². The largest absolute Gasteiger partial charge is 0.360 e. The lowest BCUT2D eigenvalue weighted by atomic mass is 10.0. The van der Waals surface area contributed by atoms with Crippen LogP contribution in [0.2, 0.25) is 0 Å². The molecule has 2 N–H and O–H groups in total. The van der Waals surface area contributed by atoms with E-state index in [-0.39, 0.29) is 16.7 Å². The molecule has 1 aliphatic heterocycles. The predicted molar refractivity (Wildman–Crippen MR) is 111 cm³/mol. The topological polar surface area (TPSA) is 114 Å². The van der Waals surface area contributed by atoms with Crippen LogP contribution in [0.4, 0.5) is 5.69 Å². The molecule has 0 spiro atoms. The molecule has 29 heavy (non-hydrogen) atoms. The molecule has 1 amide bonds. The van der Waals surface area contributed by atoms with E-state index in [0.29, 0.717) is 41.5 Å². The van der Waals surface area contributed by atoms with Gasteiger partial charge >= 0.3 is 0 Å². The quantitative estimate of drug-likeness (QED) is 0.770. The summed E-state index contributed by atoms with van der Waals surface area (Å²) in [7, 11) is -3.78. The summed E-state index contributed by atoms with van der Waals surface area (Å²) in [5.74, 6) is 0.590. The lowest BCUT2D eigenvalue weighted by Crippen LogP contribution is -2.30. The Bertz CT molecular complexity index is 1020. The SMILES string of the molecule is Cc1noc(C(C)C)c1C(=O)Nc1cccc(S(=O)(=O)NC2=NCCCCC2)c1. The molecule has 0 atom stereocenters. The summed E-state index contributed by atoms with van der Waals surface area (Å²) in [6, 6.07) is 6.13. The third-order valence-corrected chi connectivity index (χ3v) is 6.05. The highest BCUT2D eigenvalue weighted by Crippen LogP contribution is 2.24. The fraction of sp³-hybridized carbons (Fsp3) is 0.450. The van der Waals surface area contributed by atoms with Gasteiger partial charge in [-0.2, -0.15) is 0 Å². The molecule has 156 valence electrons. The van der Waals surface area contributed by atoms with Crippen molar-refractivity contribution in [1.82, 2.24) is 9.88 Å². The zero-order chi connectivity index (χ0) is 21.0. The Morgan fingerprint density at radius 3 is 2.76 bits per heavy atom. The number of aliphatic imine (C=N–C) groups is 1. The van der Waals surface area contributed by atoms with Crippen LogP contribution in [0.25, 0.3) is 0 Å². The third kappa shape index (κ3) is 5.03. The number of carbonyl (C=O) groups is 1. The second-order valence-electron chi connectivity index (χ2n) is 7.39. The number of nitrogens with one attached hydrogen (secondary N) is 2. The Kier molecular flexibility index (Phi) is 6.36. The van der Waals surface area contributed by atoms with E-state index < -0.39 is 10.0 Å². The number of aryl methyl sites for hydroxylation is 1. The molecular formula is C20H26N4O4S. The standard InChI is InChI=1S/C20H26N4O4S/c1-13(2)19-18(14(3)23-28-19)20(25)22-15-8-7-9-16(12-15)29(26,27)24-17-10-5-4-6-11-21-17/h7-9,12-13H,4-6,10-11H2,1-3H3,(H,21,24)(H,22,25). The molecule has 0 unspecified atom stereocenters. The van der Waals surface area contributed by atoms with Crippen LogP contribution in [-0.2, 0) is 10.0 Å². The highest BCUT2D eigenvalue weighted by Gasteiger charge is 2.23. The molecule has 0 saturated heterocycles. The number of amidine groups is 1. The molecular weight excluding hydrogens is 392 g/mol. The van der Waals surface area contributed by atoms with Crippen LogP contribution in [0, 0.1) is 6.92 Å². The first kappa shape index (κ1) is 21.0. The molecule has 9 heteroatoms. The summed E-state index contributed by atoms with van der Waals surface area (Å²) in [6.07, 6.45) is 3.53. The van der Waals surface area contributed by atoms with Gasteiger partial charge in [0.1, 0.15) is 11.4 Å². The molecule has 2 heterocycles. The Hall–Kier alpha value is -2.68. The first-order valence-corrected chi connectivity index (χ1v) is 11.2. The third-order valence-electron chi connectivity index (χ3n) is 4.67. The molecule has 0 aliphatic carbocycles. The number of benzene rings is 1. The highest BCUT2D eigenvalue weighted by atomic mass is 32.2. The second-order valence-corrected chi connectivity index (χ2v) is 9.07. The number of aromatic nitrogens is 1. The van der Waals surface area contributed by atoms with Crippen LogP contribution in [0.3, 0.4) is 0 Å². The molecule has 0 radical (unpaired) electrons. The van der Waals surface area contributed by atoms with Gasteiger partial charge < -0.3 is 9.84 Å². The Labute approximate surface area is 170 Å². The molecule has 0 fully saturated rings. The van der Waals surface area contributed by atoms with Gasteiger partial charge in [-0.3, -0.25) is 14.5 Å². The normalized spacial score (nSPS) is 15.0. The van der Waals surface area contributed by atoms with Gasteiger partial charge in [0, 0.05) is 24.6 Å². The molecule has 0 saturated carbocycles. The summed E-state index contributed by atoms with van der Waals surface area (Å²) >= 11 is 0. The molecule has 0 bridgehead atoms. The molecule has 3 rings (SSSR count). The lowest BCUT2D eigenvalue weighted by Gasteiger charge is -2.11. The van der Waals surface area contributed by atoms with Crippen LogP contribution in [0.15, 0.2) is 38.7 Å². The van der Waals surface area contributed by atoms with E-state index in [2.05, 4.69) is 20.2 Å². The first-order chi connectivity index (χ1) is 13.8. The first-order valence-electron chi connectivity index (χ1n) is 9.71. The van der Waals surface area contributed by atoms with Gasteiger partial charge in [0.15, 0.2) is 5.76 Å². The summed E-state index contributed by atoms with van der Waals surface area (Å²) in [6.45, 7) is 6.14. The van der Waals surface area contributed by atoms with Crippen LogP contribution < -0.4 is 10.0 Å². The number of sulfonamides is 1. The number of anilines is 1. The van der Waals surface area contributed by atoms with E-state index >= 15 is 0 Å². The van der Waals surface area contributed by atoms with E-state index in [1.54, 1.807) is 19.1 Å². The van der Waals surface area contributed by atoms with Gasteiger partial charge in [-0.15, -0.1) is 0 Å². The Balaban J connectivity index is 1.80. The van der Waals surface area contributed by atoms with Gasteiger partial charge in [-0.05, 0) is 38.0 Å². The predicted octanol–water partition coefficient (Wildman–Crippen LogP) is 3.61. The van der Waals surface area contributed by atoms with Crippen molar-refractivity contribution >= 4 is 27.5 Å². The summed E-state index contributed by atoms with van der Waals surface area (Å²) in [5.41, 5.74) is 1.23. The molecule has 8 nitrogen and oxygen atoms in total. The summed E-state index contributed by atoms with van der Waals surface area (Å²) in [4.78, 5) is 17.1. The van der Waals surface area contributed by atoms with Gasteiger partial charge in [-0.25, -0.2) is 8.42 Å². The fourth-order valence-electron chi connectivity index (χ4n) is 3.16. The van der Waals surface area contributed by atoms with Crippen LogP contribution >= 0.6 is 0 Å². The van der Waals surface area contributed by atoms with Crippen molar-refractivity contribution in [3.8, 4) is 0 Å². The van der Waals surface area contributed by atoms with Crippen molar-refractivity contribution in [2.75, 3.05) is 11.9 Å². The average molecular weight is 419 g/mol. The van der Waals surface area contributed by atoms with Crippen LogP contribution in [0.1, 0.15) is 67.3 Å². The van der Waals surface area contributed by atoms with Crippen molar-refractivity contribution in [3.63, 3.8) is 0 Å². The van der Waals surface area contributed by atoms with Crippen molar-refractivity contribution in [3.05, 3.63) is 41.3 Å². The number of carbonyl (C=O) groups excluding carboxylic acids is 1. The molecule has 1 aliphatic rings. The number of amides is 1. The average Bonchev–Trinajstić information content (AvgIpc) is 2.88. The number of nitrogens with zero attached hydrogens (tertiary/aromatic N) is 2. The maximum absolute atomic E-state index is 12.7. The number of rotatable bonds is 5. The fourth-order valence-corrected chi connectivity index (χ4v) is 4.30. The summed E-state index contributed by atoms with van der Waals surface area (Å²) in [5, 5.41) is 6.62. The van der Waals surface area contributed by atoms with Crippen molar-refractivity contribution in [2.24, 2.45) is 4.99 Å². The smallest absolute Gasteiger partial charge is 0.262 e. The maximum Gasteiger partial charge on any atom is 0.262 e. The van der Waals surface area contributed by atoms with Crippen LogP contribution in [0.5, 0.6) is 0 Å². The highest BCUT2D eigenvalue weighted by molar-refractivity contribution is 7.90. The molecule has 1 aromatic heterocycles. The lowest BCUT2D eigenvalue weighted by molar-refractivity contribution is 0.102. The minimum absolute atomic E-state index is 0.00629. The number of hydrogen-bond donors (Lipinski definition) is 2. The van der Waals surface area contributed by atoms with Gasteiger partial charge in [0.2, 0.25) is 0 Å². The monoisotopic (exact) mass is 418 g/mol. The zero-order valence-electron chi connectivity index (χ0n) is 16.9. The minimum atomic E-state index is -3.78. The van der Waals surface area contributed by atoms with Gasteiger partial charge in [-0.1, -0.05) is 31.5 Å². The second kappa shape index (κ2) is 8.77. The maximum atomic E-state index is 12.7. The Morgan fingerprint density at radius 2 is 2.00 bits per heavy atom. The molecule has 2 aromatic rings. The van der Waals surface area contributed by atoms with E-state index in [0.717, 1.165) is 19.3 Å². The zero-order valence-corrected chi connectivity index (χ0v) is 17.7. The van der Waals surface area contributed by atoms with Crippen molar-refractivity contribution in [2.45, 2.75) is 57.3 Å². The van der Waals surface area contributed by atoms with E-state index in [4.69, 9.17) is 4.52 Å². The minimum Gasteiger partial charge on any atom is -0.360 e. The van der Waals surface area contributed by atoms with Crippen molar-refractivity contribution < 1.29 is 17.7 Å². The summed E-state index contributed by atoms with van der Waals surface area (Å²) < 4.78 is 33.3. The van der Waals surface area contributed by atoms with E-state index in [9.17, 15) is 13.2 Å². The van der Waals surface area contributed by atoms with Gasteiger partial charge in [0.25, 0.3) is 15.9 Å². The number of hydrogen-bond acceptors (Lipinski definition) is 6. The Morgan fingerprint density at radius 1 is 1.21 bits per heavy atom. The molecule has 1 aromatic carbocycles. The van der Waals surface area contributed by atoms with Crippen LogP contribution in [-0.4, -0.2) is 31.9 Å². The van der Waals surface area contributed by atoms with Gasteiger partial charge in [0.05, 0.1) is 10.6 Å². The van der Waals surface area contributed by atoms with Crippen molar-refractivity contribution in [1.29, 1.82) is 0 Å². The van der Waals surface area contributed by atoms with E-state index in [1.165, 1.54) is 12.1 Å².